The normalized spacial score (nSPS) is 23.2. The number of benzene rings is 1. The fourth-order valence-corrected chi connectivity index (χ4v) is 3.52. The highest BCUT2D eigenvalue weighted by Crippen LogP contribution is 2.17. The zero-order chi connectivity index (χ0) is 11.6. The summed E-state index contributed by atoms with van der Waals surface area (Å²) in [5, 5.41) is 12.1. The van der Waals surface area contributed by atoms with Gasteiger partial charge in [0.25, 0.3) is 0 Å². The minimum Gasteiger partial charge on any atom is -0.392 e. The van der Waals surface area contributed by atoms with Crippen LogP contribution in [0.15, 0.2) is 24.3 Å². The highest BCUT2D eigenvalue weighted by Gasteiger charge is 2.27. The Kier molecular flexibility index (Phi) is 3.16. The van der Waals surface area contributed by atoms with Gasteiger partial charge in [-0.05, 0) is 24.1 Å². The molecule has 1 atom stereocenters. The summed E-state index contributed by atoms with van der Waals surface area (Å²) < 4.78 is 22.5. The summed E-state index contributed by atoms with van der Waals surface area (Å²) in [5.74, 6) is 0.494. The average Bonchev–Trinajstić information content (AvgIpc) is 2.59. The standard InChI is InChI=1S/C11H15NO3S/c13-7-9-1-3-10(4-2-9)12-11-5-6-16(14,15)8-11/h1-4,11-13H,5-8H2. The lowest BCUT2D eigenvalue weighted by Crippen LogP contribution is -2.20. The SMILES string of the molecule is O=S1(=O)CCC(Nc2ccc(CO)cc2)C1. The van der Waals surface area contributed by atoms with E-state index in [0.717, 1.165) is 11.3 Å². The van der Waals surface area contributed by atoms with Crippen molar-refractivity contribution < 1.29 is 13.5 Å². The van der Waals surface area contributed by atoms with Gasteiger partial charge >= 0.3 is 0 Å². The van der Waals surface area contributed by atoms with Crippen LogP contribution in [-0.4, -0.2) is 31.1 Å². The van der Waals surface area contributed by atoms with E-state index in [9.17, 15) is 8.42 Å². The molecule has 1 aromatic rings. The summed E-state index contributed by atoms with van der Waals surface area (Å²) >= 11 is 0. The maximum absolute atomic E-state index is 11.3. The van der Waals surface area contributed by atoms with Crippen molar-refractivity contribution in [1.82, 2.24) is 0 Å². The molecule has 0 radical (unpaired) electrons. The highest BCUT2D eigenvalue weighted by molar-refractivity contribution is 7.91. The first-order valence-corrected chi connectivity index (χ1v) is 7.08. The quantitative estimate of drug-likeness (QED) is 0.820. The van der Waals surface area contributed by atoms with Gasteiger partial charge in [0.05, 0.1) is 18.1 Å². The van der Waals surface area contributed by atoms with Crippen LogP contribution in [-0.2, 0) is 16.4 Å². The summed E-state index contributed by atoms with van der Waals surface area (Å²) in [6, 6.07) is 7.38. The lowest BCUT2D eigenvalue weighted by molar-refractivity contribution is 0.282. The third kappa shape index (κ3) is 2.74. The molecule has 2 N–H and O–H groups in total. The Hall–Kier alpha value is -1.07. The first-order chi connectivity index (χ1) is 7.59. The molecule has 0 aromatic heterocycles. The van der Waals surface area contributed by atoms with Crippen LogP contribution in [0, 0.1) is 0 Å². The van der Waals surface area contributed by atoms with E-state index in [1.165, 1.54) is 0 Å². The van der Waals surface area contributed by atoms with Crippen molar-refractivity contribution in [2.75, 3.05) is 16.8 Å². The Morgan fingerprint density at radius 1 is 1.31 bits per heavy atom. The van der Waals surface area contributed by atoms with Gasteiger partial charge in [-0.25, -0.2) is 8.42 Å². The highest BCUT2D eigenvalue weighted by atomic mass is 32.2. The molecule has 1 fully saturated rings. The number of sulfone groups is 1. The van der Waals surface area contributed by atoms with Crippen LogP contribution in [0.1, 0.15) is 12.0 Å². The molecule has 5 heteroatoms. The maximum atomic E-state index is 11.3. The van der Waals surface area contributed by atoms with E-state index in [1.54, 1.807) is 0 Å². The smallest absolute Gasteiger partial charge is 0.152 e. The fourth-order valence-electron chi connectivity index (χ4n) is 1.85. The lowest BCUT2D eigenvalue weighted by atomic mass is 10.2. The van der Waals surface area contributed by atoms with Crippen LogP contribution < -0.4 is 5.32 Å². The zero-order valence-electron chi connectivity index (χ0n) is 8.89. The summed E-state index contributed by atoms with van der Waals surface area (Å²) in [5.41, 5.74) is 1.75. The molecule has 1 aliphatic heterocycles. The van der Waals surface area contributed by atoms with Crippen molar-refractivity contribution in [3.63, 3.8) is 0 Å². The van der Waals surface area contributed by atoms with Crippen LogP contribution in [0.3, 0.4) is 0 Å². The van der Waals surface area contributed by atoms with Crippen molar-refractivity contribution in [2.45, 2.75) is 19.1 Å². The summed E-state index contributed by atoms with van der Waals surface area (Å²) in [4.78, 5) is 0. The van der Waals surface area contributed by atoms with E-state index in [1.807, 2.05) is 24.3 Å². The monoisotopic (exact) mass is 241 g/mol. The molecular formula is C11H15NO3S. The number of hydrogen-bond donors (Lipinski definition) is 2. The molecule has 1 heterocycles. The molecular weight excluding hydrogens is 226 g/mol. The molecule has 0 saturated carbocycles. The number of nitrogens with one attached hydrogen (secondary N) is 1. The van der Waals surface area contributed by atoms with E-state index in [-0.39, 0.29) is 24.2 Å². The molecule has 2 rings (SSSR count). The number of aliphatic hydroxyl groups excluding tert-OH is 1. The molecule has 88 valence electrons. The van der Waals surface area contributed by atoms with Crippen LogP contribution in [0.4, 0.5) is 5.69 Å². The number of rotatable bonds is 3. The Labute approximate surface area is 95.2 Å². The van der Waals surface area contributed by atoms with Gasteiger partial charge < -0.3 is 10.4 Å². The minimum absolute atomic E-state index is 0.0185. The Bertz CT molecular complexity index is 453. The predicted octanol–water partition coefficient (Wildman–Crippen LogP) is 0.778. The molecule has 1 unspecified atom stereocenters. The Morgan fingerprint density at radius 3 is 2.50 bits per heavy atom. The molecule has 4 nitrogen and oxygen atoms in total. The molecule has 1 aliphatic rings. The number of anilines is 1. The summed E-state index contributed by atoms with van der Waals surface area (Å²) in [6.45, 7) is 0.0259. The van der Waals surface area contributed by atoms with Crippen molar-refractivity contribution in [3.05, 3.63) is 29.8 Å². The van der Waals surface area contributed by atoms with Gasteiger partial charge in [-0.2, -0.15) is 0 Å². The first kappa shape index (κ1) is 11.4. The zero-order valence-corrected chi connectivity index (χ0v) is 9.70. The molecule has 1 saturated heterocycles. The van der Waals surface area contributed by atoms with Crippen LogP contribution in [0.25, 0.3) is 0 Å². The maximum Gasteiger partial charge on any atom is 0.152 e. The van der Waals surface area contributed by atoms with E-state index in [0.29, 0.717) is 6.42 Å². The predicted molar refractivity (Wildman–Crippen MR) is 63.0 cm³/mol. The second kappa shape index (κ2) is 4.43. The first-order valence-electron chi connectivity index (χ1n) is 5.26. The molecule has 0 bridgehead atoms. The van der Waals surface area contributed by atoms with E-state index in [4.69, 9.17) is 5.11 Å². The average molecular weight is 241 g/mol. The van der Waals surface area contributed by atoms with Crippen molar-refractivity contribution >= 4 is 15.5 Å². The van der Waals surface area contributed by atoms with Gasteiger partial charge in [0.2, 0.25) is 0 Å². The third-order valence-electron chi connectivity index (χ3n) is 2.74. The third-order valence-corrected chi connectivity index (χ3v) is 4.51. The van der Waals surface area contributed by atoms with Gasteiger partial charge in [0.15, 0.2) is 9.84 Å². The van der Waals surface area contributed by atoms with Gasteiger partial charge in [-0.15, -0.1) is 0 Å². The van der Waals surface area contributed by atoms with E-state index < -0.39 is 9.84 Å². The largest absolute Gasteiger partial charge is 0.392 e. The second-order valence-electron chi connectivity index (χ2n) is 4.10. The van der Waals surface area contributed by atoms with Crippen molar-refractivity contribution in [1.29, 1.82) is 0 Å². The summed E-state index contributed by atoms with van der Waals surface area (Å²) in [6.07, 6.45) is 0.671. The fraction of sp³-hybridized carbons (Fsp3) is 0.455. The lowest BCUT2D eigenvalue weighted by Gasteiger charge is -2.12. The van der Waals surface area contributed by atoms with Crippen LogP contribution >= 0.6 is 0 Å². The van der Waals surface area contributed by atoms with E-state index in [2.05, 4.69) is 5.32 Å². The Balaban J connectivity index is 1.99. The van der Waals surface area contributed by atoms with Crippen LogP contribution in [0.2, 0.25) is 0 Å². The molecule has 16 heavy (non-hydrogen) atoms. The van der Waals surface area contributed by atoms with Gasteiger partial charge in [0, 0.05) is 11.7 Å². The van der Waals surface area contributed by atoms with E-state index >= 15 is 0 Å². The summed E-state index contributed by atoms with van der Waals surface area (Å²) in [7, 11) is -2.83. The van der Waals surface area contributed by atoms with Crippen LogP contribution in [0.5, 0.6) is 0 Å². The molecule has 0 spiro atoms. The topological polar surface area (TPSA) is 66.4 Å². The Morgan fingerprint density at radius 2 is 2.00 bits per heavy atom. The molecule has 0 aliphatic carbocycles. The van der Waals surface area contributed by atoms with Crippen molar-refractivity contribution in [3.8, 4) is 0 Å². The van der Waals surface area contributed by atoms with Gasteiger partial charge in [-0.1, -0.05) is 12.1 Å². The van der Waals surface area contributed by atoms with Gasteiger partial charge in [0.1, 0.15) is 0 Å². The molecule has 0 amide bonds. The minimum atomic E-state index is -2.83. The van der Waals surface area contributed by atoms with Crippen molar-refractivity contribution in [2.24, 2.45) is 0 Å². The van der Waals surface area contributed by atoms with Gasteiger partial charge in [-0.3, -0.25) is 0 Å². The number of hydrogen-bond acceptors (Lipinski definition) is 4. The second-order valence-corrected chi connectivity index (χ2v) is 6.33. The molecule has 1 aromatic carbocycles. The number of aliphatic hydroxyl groups is 1.